The molecule has 0 spiro atoms. The van der Waals surface area contributed by atoms with Gasteiger partial charge in [0.05, 0.1) is 5.69 Å². The monoisotopic (exact) mass is 464 g/mol. The first-order valence-electron chi connectivity index (χ1n) is 11.4. The van der Waals surface area contributed by atoms with E-state index in [1.165, 1.54) is 16.8 Å². The second kappa shape index (κ2) is 9.69. The molecule has 0 bridgehead atoms. The van der Waals surface area contributed by atoms with E-state index < -0.39 is 11.2 Å². The van der Waals surface area contributed by atoms with E-state index in [4.69, 9.17) is 0 Å². The molecule has 5 aromatic rings. The quantitative estimate of drug-likeness (QED) is 0.343. The van der Waals surface area contributed by atoms with Crippen LogP contribution in [-0.4, -0.2) is 27.0 Å². The van der Waals surface area contributed by atoms with Crippen molar-refractivity contribution in [1.82, 2.24) is 19.9 Å². The molecular formula is C28H24N4O3. The van der Waals surface area contributed by atoms with Crippen LogP contribution in [0.5, 0.6) is 0 Å². The van der Waals surface area contributed by atoms with Crippen LogP contribution in [0.3, 0.4) is 0 Å². The maximum atomic E-state index is 12.8. The van der Waals surface area contributed by atoms with E-state index in [1.54, 1.807) is 0 Å². The van der Waals surface area contributed by atoms with Crippen LogP contribution < -0.4 is 16.6 Å². The standard InChI is InChI=1S/C28H24N4O3/c33-24-15-16-32(28(35)31-24)18-25(34)29-17-22(19-9-3-1-4-10-19)26-21-13-7-8-14-23(21)30-27(26)20-11-5-2-6-12-20/h1-16,22,30H,17-18H2,(H,29,34)(H,31,33,35). The molecule has 1 amide bonds. The summed E-state index contributed by atoms with van der Waals surface area (Å²) in [4.78, 5) is 41.9. The summed E-state index contributed by atoms with van der Waals surface area (Å²) >= 11 is 0. The first-order chi connectivity index (χ1) is 17.1. The number of nitrogens with one attached hydrogen (secondary N) is 3. The lowest BCUT2D eigenvalue weighted by Crippen LogP contribution is -2.37. The Hall–Kier alpha value is -4.65. The lowest BCUT2D eigenvalue weighted by Gasteiger charge is -2.20. The zero-order valence-corrected chi connectivity index (χ0v) is 18.9. The van der Waals surface area contributed by atoms with Gasteiger partial charge < -0.3 is 10.3 Å². The third-order valence-corrected chi connectivity index (χ3v) is 6.07. The highest BCUT2D eigenvalue weighted by atomic mass is 16.2. The second-order valence-corrected chi connectivity index (χ2v) is 8.33. The lowest BCUT2D eigenvalue weighted by molar-refractivity contribution is -0.121. The number of aromatic amines is 2. The maximum absolute atomic E-state index is 12.8. The van der Waals surface area contributed by atoms with Gasteiger partial charge in [-0.2, -0.15) is 0 Å². The average molecular weight is 465 g/mol. The van der Waals surface area contributed by atoms with E-state index in [0.29, 0.717) is 6.54 Å². The first kappa shape index (κ1) is 22.2. The number of fused-ring (bicyclic) bond motifs is 1. The Bertz CT molecular complexity index is 1580. The number of nitrogens with zero attached hydrogens (tertiary/aromatic N) is 1. The molecule has 35 heavy (non-hydrogen) atoms. The maximum Gasteiger partial charge on any atom is 0.328 e. The minimum atomic E-state index is -0.616. The summed E-state index contributed by atoms with van der Waals surface area (Å²) in [5, 5.41) is 4.09. The number of rotatable bonds is 7. The van der Waals surface area contributed by atoms with Crippen molar-refractivity contribution in [2.45, 2.75) is 12.5 Å². The van der Waals surface area contributed by atoms with Gasteiger partial charge in [0, 0.05) is 35.6 Å². The summed E-state index contributed by atoms with van der Waals surface area (Å²) < 4.78 is 1.18. The van der Waals surface area contributed by atoms with Gasteiger partial charge in [0.15, 0.2) is 0 Å². The Balaban J connectivity index is 1.53. The number of para-hydroxylation sites is 1. The van der Waals surface area contributed by atoms with Gasteiger partial charge in [0.25, 0.3) is 5.56 Å². The molecule has 0 saturated carbocycles. The molecule has 5 rings (SSSR count). The predicted octanol–water partition coefficient (Wildman–Crippen LogP) is 3.63. The number of aromatic nitrogens is 3. The summed E-state index contributed by atoms with van der Waals surface area (Å²) in [5.41, 5.74) is 4.14. The lowest BCUT2D eigenvalue weighted by atomic mass is 9.87. The Morgan fingerprint density at radius 2 is 1.51 bits per heavy atom. The molecule has 0 fully saturated rings. The van der Waals surface area contributed by atoms with E-state index in [2.05, 4.69) is 51.7 Å². The van der Waals surface area contributed by atoms with Gasteiger partial charge in [0.2, 0.25) is 5.91 Å². The molecule has 0 radical (unpaired) electrons. The summed E-state index contributed by atoms with van der Waals surface area (Å²) in [6.45, 7) is 0.152. The molecule has 0 aliphatic rings. The fourth-order valence-electron chi connectivity index (χ4n) is 4.43. The number of hydrogen-bond donors (Lipinski definition) is 3. The van der Waals surface area contributed by atoms with Crippen molar-refractivity contribution in [3.8, 4) is 11.3 Å². The average Bonchev–Trinajstić information content (AvgIpc) is 3.27. The van der Waals surface area contributed by atoms with E-state index in [0.717, 1.165) is 33.3 Å². The molecule has 7 nitrogen and oxygen atoms in total. The van der Waals surface area contributed by atoms with Gasteiger partial charge >= 0.3 is 5.69 Å². The van der Waals surface area contributed by atoms with Crippen molar-refractivity contribution in [1.29, 1.82) is 0 Å². The molecule has 2 heterocycles. The van der Waals surface area contributed by atoms with Crippen molar-refractivity contribution in [2.24, 2.45) is 0 Å². The number of benzene rings is 3. The molecule has 0 aliphatic carbocycles. The molecule has 1 unspecified atom stereocenters. The fourth-order valence-corrected chi connectivity index (χ4v) is 4.43. The Kier molecular flexibility index (Phi) is 6.13. The predicted molar refractivity (Wildman–Crippen MR) is 136 cm³/mol. The summed E-state index contributed by atoms with van der Waals surface area (Å²) in [5.74, 6) is -0.458. The molecule has 2 aromatic heterocycles. The Labute approximate surface area is 201 Å². The zero-order valence-electron chi connectivity index (χ0n) is 18.9. The van der Waals surface area contributed by atoms with Gasteiger partial charge in [0.1, 0.15) is 6.54 Å². The van der Waals surface area contributed by atoms with Crippen LogP contribution >= 0.6 is 0 Å². The first-order valence-corrected chi connectivity index (χ1v) is 11.4. The molecule has 3 aromatic carbocycles. The van der Waals surface area contributed by atoms with E-state index in [1.807, 2.05) is 48.5 Å². The van der Waals surface area contributed by atoms with Crippen LogP contribution in [-0.2, 0) is 11.3 Å². The second-order valence-electron chi connectivity index (χ2n) is 8.33. The van der Waals surface area contributed by atoms with Gasteiger partial charge in [-0.25, -0.2) is 4.79 Å². The summed E-state index contributed by atoms with van der Waals surface area (Å²) in [6, 6.07) is 29.6. The highest BCUT2D eigenvalue weighted by Gasteiger charge is 2.24. The molecular weight excluding hydrogens is 440 g/mol. The number of carbonyl (C=O) groups is 1. The van der Waals surface area contributed by atoms with Crippen molar-refractivity contribution in [3.05, 3.63) is 129 Å². The minimum Gasteiger partial charge on any atom is -0.354 e. The number of hydrogen-bond acceptors (Lipinski definition) is 3. The van der Waals surface area contributed by atoms with Gasteiger partial charge in [-0.15, -0.1) is 0 Å². The molecule has 0 saturated heterocycles. The number of amides is 1. The third-order valence-electron chi connectivity index (χ3n) is 6.07. The Morgan fingerprint density at radius 1 is 0.829 bits per heavy atom. The molecule has 7 heteroatoms. The van der Waals surface area contributed by atoms with Crippen molar-refractivity contribution in [2.75, 3.05) is 6.54 Å². The van der Waals surface area contributed by atoms with Crippen LogP contribution in [0.2, 0.25) is 0 Å². The zero-order chi connectivity index (χ0) is 24.2. The van der Waals surface area contributed by atoms with Gasteiger partial charge in [-0.05, 0) is 22.8 Å². The third kappa shape index (κ3) is 4.70. The van der Waals surface area contributed by atoms with E-state index >= 15 is 0 Å². The molecule has 0 aliphatic heterocycles. The highest BCUT2D eigenvalue weighted by molar-refractivity contribution is 5.92. The van der Waals surface area contributed by atoms with Crippen molar-refractivity contribution in [3.63, 3.8) is 0 Å². The van der Waals surface area contributed by atoms with Gasteiger partial charge in [-0.3, -0.25) is 19.1 Å². The SMILES string of the molecule is O=C(Cn1ccc(=O)[nH]c1=O)NCC(c1ccccc1)c1c(-c2ccccc2)[nH]c2ccccc12. The smallest absolute Gasteiger partial charge is 0.328 e. The van der Waals surface area contributed by atoms with Gasteiger partial charge in [-0.1, -0.05) is 78.9 Å². The molecule has 174 valence electrons. The fraction of sp³-hybridized carbons (Fsp3) is 0.107. The van der Waals surface area contributed by atoms with Crippen LogP contribution in [0.15, 0.2) is 107 Å². The minimum absolute atomic E-state index is 0.140. The van der Waals surface area contributed by atoms with Crippen LogP contribution in [0.1, 0.15) is 17.0 Å². The largest absolute Gasteiger partial charge is 0.354 e. The summed E-state index contributed by atoms with van der Waals surface area (Å²) in [6.07, 6.45) is 1.32. The normalized spacial score (nSPS) is 11.9. The van der Waals surface area contributed by atoms with E-state index in [9.17, 15) is 14.4 Å². The summed E-state index contributed by atoms with van der Waals surface area (Å²) in [7, 11) is 0. The van der Waals surface area contributed by atoms with E-state index in [-0.39, 0.29) is 18.4 Å². The number of H-pyrrole nitrogens is 2. The molecule has 1 atom stereocenters. The van der Waals surface area contributed by atoms with Crippen molar-refractivity contribution < 1.29 is 4.79 Å². The van der Waals surface area contributed by atoms with Crippen molar-refractivity contribution >= 4 is 16.8 Å². The Morgan fingerprint density at radius 3 is 2.26 bits per heavy atom. The van der Waals surface area contributed by atoms with Crippen LogP contribution in [0.4, 0.5) is 0 Å². The molecule has 3 N–H and O–H groups in total. The number of carbonyl (C=O) groups excluding carboxylic acids is 1. The van der Waals surface area contributed by atoms with Crippen LogP contribution in [0, 0.1) is 0 Å². The topological polar surface area (TPSA) is 99.8 Å². The van der Waals surface area contributed by atoms with Crippen LogP contribution in [0.25, 0.3) is 22.2 Å². The highest BCUT2D eigenvalue weighted by Crippen LogP contribution is 2.38.